The van der Waals surface area contributed by atoms with Crippen molar-refractivity contribution in [3.05, 3.63) is 0 Å². The summed E-state index contributed by atoms with van der Waals surface area (Å²) in [6.45, 7) is 2.88. The second-order valence-corrected chi connectivity index (χ2v) is 8.75. The zero-order valence-electron chi connectivity index (χ0n) is 19.0. The van der Waals surface area contributed by atoms with E-state index in [1.165, 1.54) is 109 Å². The van der Waals surface area contributed by atoms with Gasteiger partial charge in [0.15, 0.2) is 0 Å². The summed E-state index contributed by atoms with van der Waals surface area (Å²) in [5, 5.41) is 0. The molecular weight excluding hydrogens is 368 g/mol. The van der Waals surface area contributed by atoms with Crippen LogP contribution >= 0.6 is 11.6 Å². The van der Waals surface area contributed by atoms with Crippen molar-refractivity contribution in [2.45, 2.75) is 142 Å². The van der Waals surface area contributed by atoms with E-state index < -0.39 is 0 Å². The molecule has 0 saturated heterocycles. The molecule has 0 saturated carbocycles. The molecule has 0 aromatic rings. The van der Waals surface area contributed by atoms with Crippen molar-refractivity contribution in [2.75, 3.05) is 12.5 Å². The van der Waals surface area contributed by atoms with Gasteiger partial charge in [-0.25, -0.2) is 0 Å². The maximum Gasteiger partial charge on any atom is 0.305 e. The monoisotopic (exact) mass is 416 g/mol. The molecule has 0 heterocycles. The van der Waals surface area contributed by atoms with Crippen LogP contribution in [-0.2, 0) is 9.53 Å². The van der Waals surface area contributed by atoms with E-state index in [9.17, 15) is 4.79 Å². The lowest BCUT2D eigenvalue weighted by molar-refractivity contribution is -0.143. The van der Waals surface area contributed by atoms with Crippen LogP contribution in [0.15, 0.2) is 0 Å². The summed E-state index contributed by atoms with van der Waals surface area (Å²) in [4.78, 5) is 11.4. The summed E-state index contributed by atoms with van der Waals surface area (Å²) in [5.41, 5.74) is 0. The van der Waals surface area contributed by atoms with Crippen molar-refractivity contribution < 1.29 is 9.53 Å². The third-order valence-electron chi connectivity index (χ3n) is 5.53. The topological polar surface area (TPSA) is 26.3 Å². The van der Waals surface area contributed by atoms with Crippen LogP contribution in [0, 0.1) is 0 Å². The van der Waals surface area contributed by atoms with Gasteiger partial charge in [-0.05, 0) is 19.3 Å². The number of carbonyl (C=O) groups is 1. The molecule has 0 aliphatic heterocycles. The minimum absolute atomic E-state index is 0.0582. The van der Waals surface area contributed by atoms with Crippen molar-refractivity contribution in [3.63, 3.8) is 0 Å². The van der Waals surface area contributed by atoms with Crippen LogP contribution in [0.1, 0.15) is 142 Å². The third-order valence-corrected chi connectivity index (χ3v) is 5.79. The highest BCUT2D eigenvalue weighted by Crippen LogP contribution is 2.14. The molecule has 0 fully saturated rings. The number of carbonyl (C=O) groups excluding carboxylic acids is 1. The number of hydrogen-bond acceptors (Lipinski definition) is 2. The lowest BCUT2D eigenvalue weighted by Gasteiger charge is -2.05. The minimum atomic E-state index is -0.0582. The minimum Gasteiger partial charge on any atom is -0.466 e. The molecule has 0 spiro atoms. The molecular formula is C25H49ClO2. The first kappa shape index (κ1) is 27.8. The van der Waals surface area contributed by atoms with E-state index in [1.807, 2.05) is 0 Å². The summed E-state index contributed by atoms with van der Waals surface area (Å²) in [7, 11) is 0. The first-order valence-electron chi connectivity index (χ1n) is 12.5. The molecule has 0 aromatic carbocycles. The molecule has 0 radical (unpaired) electrons. The van der Waals surface area contributed by atoms with E-state index in [-0.39, 0.29) is 5.97 Å². The van der Waals surface area contributed by atoms with Crippen LogP contribution in [0.25, 0.3) is 0 Å². The molecule has 0 aromatic heterocycles. The molecule has 0 unspecified atom stereocenters. The Morgan fingerprint density at radius 2 is 0.964 bits per heavy atom. The Labute approximate surface area is 181 Å². The van der Waals surface area contributed by atoms with E-state index in [2.05, 4.69) is 6.92 Å². The summed E-state index contributed by atoms with van der Waals surface area (Å²) >= 11 is 5.60. The van der Waals surface area contributed by atoms with Gasteiger partial charge in [0, 0.05) is 12.3 Å². The van der Waals surface area contributed by atoms with Crippen LogP contribution < -0.4 is 0 Å². The molecule has 0 rings (SSSR count). The highest BCUT2D eigenvalue weighted by Gasteiger charge is 2.01. The molecule has 0 bridgehead atoms. The Morgan fingerprint density at radius 1 is 0.571 bits per heavy atom. The first-order valence-corrected chi connectivity index (χ1v) is 13.1. The quantitative estimate of drug-likeness (QED) is 0.0942. The van der Waals surface area contributed by atoms with Gasteiger partial charge in [0.2, 0.25) is 0 Å². The normalized spacial score (nSPS) is 11.1. The number of ether oxygens (including phenoxy) is 1. The zero-order valence-corrected chi connectivity index (χ0v) is 19.7. The summed E-state index contributed by atoms with van der Waals surface area (Å²) in [6.07, 6.45) is 27.1. The maximum absolute atomic E-state index is 11.4. The molecule has 2 nitrogen and oxygen atoms in total. The number of unbranched alkanes of at least 4 members (excludes halogenated alkanes) is 18. The smallest absolute Gasteiger partial charge is 0.305 e. The predicted octanol–water partition coefficient (Wildman–Crippen LogP) is 8.98. The maximum atomic E-state index is 11.4. The van der Waals surface area contributed by atoms with Gasteiger partial charge >= 0.3 is 5.97 Å². The lowest BCUT2D eigenvalue weighted by atomic mass is 10.0. The van der Waals surface area contributed by atoms with Crippen molar-refractivity contribution in [1.29, 1.82) is 0 Å². The van der Waals surface area contributed by atoms with E-state index in [1.54, 1.807) is 0 Å². The van der Waals surface area contributed by atoms with Crippen LogP contribution in [0.4, 0.5) is 0 Å². The summed E-state index contributed by atoms with van der Waals surface area (Å²) in [5.74, 6) is 0.573. The van der Waals surface area contributed by atoms with E-state index in [4.69, 9.17) is 16.3 Å². The molecule has 0 N–H and O–H groups in total. The Kier molecular flexibility index (Phi) is 24.6. The standard InChI is InChI=1S/C25H49ClO2/c1-2-3-4-5-6-7-8-9-10-11-12-13-14-15-16-17-18-21-24-28-25(27)22-19-20-23-26/h2-24H2,1H3. The number of rotatable bonds is 23. The number of esters is 1. The van der Waals surface area contributed by atoms with E-state index in [0.717, 1.165) is 19.3 Å². The Bertz CT molecular complexity index is 307. The van der Waals surface area contributed by atoms with Gasteiger partial charge in [-0.3, -0.25) is 4.79 Å². The number of hydrogen-bond donors (Lipinski definition) is 0. The molecule has 0 aliphatic carbocycles. The van der Waals surface area contributed by atoms with Crippen molar-refractivity contribution >= 4 is 17.6 Å². The largest absolute Gasteiger partial charge is 0.466 e. The van der Waals surface area contributed by atoms with Crippen LogP contribution in [0.2, 0.25) is 0 Å². The fourth-order valence-electron chi connectivity index (χ4n) is 3.63. The predicted molar refractivity (Wildman–Crippen MR) is 124 cm³/mol. The third kappa shape index (κ3) is 23.8. The first-order chi connectivity index (χ1) is 13.8. The van der Waals surface area contributed by atoms with Gasteiger partial charge in [0.05, 0.1) is 6.61 Å². The van der Waals surface area contributed by atoms with Crippen LogP contribution in [-0.4, -0.2) is 18.5 Å². The van der Waals surface area contributed by atoms with Gasteiger partial charge in [-0.2, -0.15) is 0 Å². The fourth-order valence-corrected chi connectivity index (χ4v) is 3.81. The molecule has 168 valence electrons. The lowest BCUT2D eigenvalue weighted by Crippen LogP contribution is -2.05. The summed E-state index contributed by atoms with van der Waals surface area (Å²) < 4.78 is 5.24. The molecule has 0 amide bonds. The summed E-state index contributed by atoms with van der Waals surface area (Å²) in [6, 6.07) is 0. The van der Waals surface area contributed by atoms with Gasteiger partial charge in [0.25, 0.3) is 0 Å². The highest BCUT2D eigenvalue weighted by molar-refractivity contribution is 6.17. The Hall–Kier alpha value is -0.240. The second-order valence-electron chi connectivity index (χ2n) is 8.38. The average molecular weight is 417 g/mol. The zero-order chi connectivity index (χ0) is 20.5. The number of alkyl halides is 1. The highest BCUT2D eigenvalue weighted by atomic mass is 35.5. The van der Waals surface area contributed by atoms with Gasteiger partial charge in [0.1, 0.15) is 0 Å². The molecule has 3 heteroatoms. The Balaban J connectivity index is 3.06. The van der Waals surface area contributed by atoms with Crippen molar-refractivity contribution in [1.82, 2.24) is 0 Å². The van der Waals surface area contributed by atoms with Crippen molar-refractivity contribution in [3.8, 4) is 0 Å². The number of halogens is 1. The SMILES string of the molecule is CCCCCCCCCCCCCCCCCCCCOC(=O)CCCCCl. The van der Waals surface area contributed by atoms with Crippen LogP contribution in [0.5, 0.6) is 0 Å². The van der Waals surface area contributed by atoms with E-state index >= 15 is 0 Å². The van der Waals surface area contributed by atoms with Crippen molar-refractivity contribution in [2.24, 2.45) is 0 Å². The average Bonchev–Trinajstić information content (AvgIpc) is 2.70. The Morgan fingerprint density at radius 3 is 1.36 bits per heavy atom. The molecule has 0 atom stereocenters. The van der Waals surface area contributed by atoms with Gasteiger partial charge in [-0.1, -0.05) is 116 Å². The molecule has 0 aliphatic rings. The molecule has 28 heavy (non-hydrogen) atoms. The van der Waals surface area contributed by atoms with Gasteiger partial charge in [-0.15, -0.1) is 11.6 Å². The fraction of sp³-hybridized carbons (Fsp3) is 0.960. The van der Waals surface area contributed by atoms with Gasteiger partial charge < -0.3 is 4.74 Å². The van der Waals surface area contributed by atoms with Crippen LogP contribution in [0.3, 0.4) is 0 Å². The van der Waals surface area contributed by atoms with E-state index in [0.29, 0.717) is 18.9 Å². The second kappa shape index (κ2) is 24.8.